The average Bonchev–Trinajstić information content (AvgIpc) is 3.07. The molecule has 0 saturated carbocycles. The Bertz CT molecular complexity index is 921. The highest BCUT2D eigenvalue weighted by atomic mass is 32.1. The maximum atomic E-state index is 12.6. The number of aliphatic hydroxyl groups is 1. The van der Waals surface area contributed by atoms with Gasteiger partial charge in [-0.2, -0.15) is 4.99 Å². The molecular formula is C19H28N4O4S. The molecule has 1 atom stereocenters. The number of rotatable bonds is 8. The highest BCUT2D eigenvalue weighted by Gasteiger charge is 2.19. The highest BCUT2D eigenvalue weighted by molar-refractivity contribution is 7.11. The molecule has 154 valence electrons. The summed E-state index contributed by atoms with van der Waals surface area (Å²) in [7, 11) is 1.58. The number of aliphatic hydroxyl groups excluding tert-OH is 1. The summed E-state index contributed by atoms with van der Waals surface area (Å²) in [4.78, 5) is 35.3. The third-order valence-corrected chi connectivity index (χ3v) is 5.29. The van der Waals surface area contributed by atoms with Crippen molar-refractivity contribution in [3.05, 3.63) is 42.5 Å². The number of aliphatic imine (C=N–C) groups is 1. The second-order valence-electron chi connectivity index (χ2n) is 6.68. The Labute approximate surface area is 168 Å². The predicted octanol–water partition coefficient (Wildman–Crippen LogP) is 1.95. The van der Waals surface area contributed by atoms with E-state index in [9.17, 15) is 9.59 Å². The number of thiazole rings is 1. The van der Waals surface area contributed by atoms with E-state index < -0.39 is 11.2 Å². The second kappa shape index (κ2) is 9.79. The van der Waals surface area contributed by atoms with Crippen LogP contribution in [-0.2, 0) is 24.8 Å². The molecule has 0 fully saturated rings. The zero-order valence-electron chi connectivity index (χ0n) is 17.1. The number of ether oxygens (including phenoxy) is 1. The van der Waals surface area contributed by atoms with Gasteiger partial charge in [0.05, 0.1) is 17.2 Å². The summed E-state index contributed by atoms with van der Waals surface area (Å²) in [5.41, 5.74) is -0.481. The SMILES string of the molecule is CCO/C(=N/c1c(C)c(=O)n(CCCO)c(=O)n1C)C(C)Cc1ncc(C)s1. The molecule has 1 N–H and O–H groups in total. The molecule has 2 aromatic heterocycles. The van der Waals surface area contributed by atoms with Crippen LogP contribution in [0, 0.1) is 19.8 Å². The van der Waals surface area contributed by atoms with Crippen LogP contribution in [0.15, 0.2) is 20.8 Å². The molecule has 0 spiro atoms. The van der Waals surface area contributed by atoms with Gasteiger partial charge in [-0.25, -0.2) is 9.78 Å². The van der Waals surface area contributed by atoms with Crippen LogP contribution in [-0.4, -0.2) is 38.3 Å². The molecule has 0 aliphatic rings. The first-order valence-corrected chi connectivity index (χ1v) is 10.2. The Morgan fingerprint density at radius 2 is 2.11 bits per heavy atom. The Morgan fingerprint density at radius 3 is 2.68 bits per heavy atom. The van der Waals surface area contributed by atoms with Gasteiger partial charge in [-0.3, -0.25) is 13.9 Å². The Hall–Kier alpha value is -2.26. The zero-order chi connectivity index (χ0) is 20.8. The van der Waals surface area contributed by atoms with Crippen molar-refractivity contribution in [2.45, 2.75) is 47.1 Å². The van der Waals surface area contributed by atoms with Crippen molar-refractivity contribution < 1.29 is 9.84 Å². The normalized spacial score (nSPS) is 13.0. The fourth-order valence-electron chi connectivity index (χ4n) is 2.88. The fourth-order valence-corrected chi connectivity index (χ4v) is 3.79. The first-order chi connectivity index (χ1) is 13.3. The summed E-state index contributed by atoms with van der Waals surface area (Å²) in [5.74, 6) is 0.707. The smallest absolute Gasteiger partial charge is 0.332 e. The molecule has 2 rings (SSSR count). The minimum Gasteiger partial charge on any atom is -0.481 e. The quantitative estimate of drug-likeness (QED) is 0.532. The van der Waals surface area contributed by atoms with Crippen LogP contribution >= 0.6 is 11.3 Å². The van der Waals surface area contributed by atoms with Crippen molar-refractivity contribution >= 4 is 23.1 Å². The molecule has 9 heteroatoms. The summed E-state index contributed by atoms with van der Waals surface area (Å²) >= 11 is 1.63. The van der Waals surface area contributed by atoms with E-state index in [4.69, 9.17) is 9.84 Å². The summed E-state index contributed by atoms with van der Waals surface area (Å²) in [6.45, 7) is 8.03. The lowest BCUT2D eigenvalue weighted by Gasteiger charge is -2.17. The fraction of sp³-hybridized carbons (Fsp3) is 0.579. The number of nitrogens with zero attached hydrogens (tertiary/aromatic N) is 4. The molecule has 0 amide bonds. The van der Waals surface area contributed by atoms with Crippen molar-refractivity contribution in [2.24, 2.45) is 18.0 Å². The van der Waals surface area contributed by atoms with Crippen molar-refractivity contribution in [3.8, 4) is 0 Å². The Balaban J connectivity index is 2.46. The van der Waals surface area contributed by atoms with Gasteiger partial charge >= 0.3 is 5.69 Å². The standard InChI is InChI=1S/C19H28N4O4S/c1-6-27-17(12(2)10-15-20-11-13(3)28-15)21-16-14(4)18(25)23(8-7-9-24)19(26)22(16)5/h11-12,24H,6-10H2,1-5H3/b21-17+. The molecule has 0 aliphatic carbocycles. The zero-order valence-corrected chi connectivity index (χ0v) is 17.9. The number of aromatic nitrogens is 3. The molecule has 2 aromatic rings. The largest absolute Gasteiger partial charge is 0.481 e. The molecule has 1 unspecified atom stereocenters. The van der Waals surface area contributed by atoms with E-state index in [1.807, 2.05) is 27.0 Å². The second-order valence-corrected chi connectivity index (χ2v) is 8.00. The van der Waals surface area contributed by atoms with E-state index in [0.29, 0.717) is 36.7 Å². The monoisotopic (exact) mass is 408 g/mol. The Morgan fingerprint density at radius 1 is 1.39 bits per heavy atom. The van der Waals surface area contributed by atoms with Crippen LogP contribution in [0.2, 0.25) is 0 Å². The molecule has 8 nitrogen and oxygen atoms in total. The van der Waals surface area contributed by atoms with Crippen LogP contribution in [0.4, 0.5) is 5.82 Å². The van der Waals surface area contributed by atoms with E-state index in [-0.39, 0.29) is 19.1 Å². The molecule has 0 aromatic carbocycles. The minimum atomic E-state index is -0.457. The third kappa shape index (κ3) is 4.96. The molecule has 0 aliphatic heterocycles. The van der Waals surface area contributed by atoms with E-state index in [0.717, 1.165) is 14.5 Å². The van der Waals surface area contributed by atoms with Crippen LogP contribution < -0.4 is 11.2 Å². The Kier molecular flexibility index (Phi) is 7.70. The first kappa shape index (κ1) is 22.0. The summed E-state index contributed by atoms with van der Waals surface area (Å²) in [5, 5.41) is 9.99. The van der Waals surface area contributed by atoms with Gasteiger partial charge in [-0.1, -0.05) is 6.92 Å². The molecule has 0 saturated heterocycles. The topological polar surface area (TPSA) is 98.7 Å². The number of hydrogen-bond donors (Lipinski definition) is 1. The van der Waals surface area contributed by atoms with Gasteiger partial charge in [0.25, 0.3) is 5.56 Å². The van der Waals surface area contributed by atoms with Gasteiger partial charge in [0.15, 0.2) is 5.90 Å². The summed E-state index contributed by atoms with van der Waals surface area (Å²) in [6, 6.07) is 0. The van der Waals surface area contributed by atoms with Gasteiger partial charge in [-0.15, -0.1) is 11.3 Å². The van der Waals surface area contributed by atoms with Gasteiger partial charge < -0.3 is 9.84 Å². The number of hydrogen-bond acceptors (Lipinski definition) is 7. The van der Waals surface area contributed by atoms with E-state index in [1.54, 1.807) is 25.3 Å². The van der Waals surface area contributed by atoms with Crippen molar-refractivity contribution in [3.63, 3.8) is 0 Å². The van der Waals surface area contributed by atoms with Crippen molar-refractivity contribution in [1.29, 1.82) is 0 Å². The third-order valence-electron chi connectivity index (χ3n) is 4.36. The maximum absolute atomic E-state index is 12.6. The van der Waals surface area contributed by atoms with Gasteiger partial charge in [0.1, 0.15) is 5.82 Å². The lowest BCUT2D eigenvalue weighted by molar-refractivity contribution is 0.277. The minimum absolute atomic E-state index is 0.0585. The molecular weight excluding hydrogens is 380 g/mol. The maximum Gasteiger partial charge on any atom is 0.332 e. The average molecular weight is 409 g/mol. The van der Waals surface area contributed by atoms with Crippen LogP contribution in [0.3, 0.4) is 0 Å². The molecule has 0 radical (unpaired) electrons. The first-order valence-electron chi connectivity index (χ1n) is 9.34. The summed E-state index contributed by atoms with van der Waals surface area (Å²) < 4.78 is 8.23. The van der Waals surface area contributed by atoms with Gasteiger partial charge in [0.2, 0.25) is 0 Å². The molecule has 0 bridgehead atoms. The molecule has 28 heavy (non-hydrogen) atoms. The van der Waals surface area contributed by atoms with Crippen molar-refractivity contribution in [2.75, 3.05) is 13.2 Å². The van der Waals surface area contributed by atoms with E-state index in [1.165, 1.54) is 4.57 Å². The van der Waals surface area contributed by atoms with Crippen LogP contribution in [0.5, 0.6) is 0 Å². The van der Waals surface area contributed by atoms with Crippen LogP contribution in [0.1, 0.15) is 35.7 Å². The van der Waals surface area contributed by atoms with Crippen LogP contribution in [0.25, 0.3) is 0 Å². The van der Waals surface area contributed by atoms with Crippen molar-refractivity contribution in [1.82, 2.24) is 14.1 Å². The summed E-state index contributed by atoms with van der Waals surface area (Å²) in [6.07, 6.45) is 2.84. The highest BCUT2D eigenvalue weighted by Crippen LogP contribution is 2.20. The lowest BCUT2D eigenvalue weighted by atomic mass is 10.1. The number of aryl methyl sites for hydroxylation is 1. The van der Waals surface area contributed by atoms with E-state index >= 15 is 0 Å². The predicted molar refractivity (Wildman–Crippen MR) is 111 cm³/mol. The lowest BCUT2D eigenvalue weighted by Crippen LogP contribution is -2.40. The van der Waals surface area contributed by atoms with E-state index in [2.05, 4.69) is 9.98 Å². The molecule has 2 heterocycles. The van der Waals surface area contributed by atoms with Gasteiger partial charge in [-0.05, 0) is 27.2 Å². The van der Waals surface area contributed by atoms with Gasteiger partial charge in [0, 0.05) is 43.6 Å².